The fourth-order valence-electron chi connectivity index (χ4n) is 0.309. The molecule has 0 aliphatic heterocycles. The predicted molar refractivity (Wildman–Crippen MR) is 34.8 cm³/mol. The van der Waals surface area contributed by atoms with Gasteiger partial charge >= 0.3 is 0 Å². The minimum Gasteiger partial charge on any atom is -0.381 e. The molecule has 0 atom stereocenters. The number of ether oxygens (including phenoxy) is 1. The zero-order valence-electron chi connectivity index (χ0n) is 5.68. The van der Waals surface area contributed by atoms with Crippen LogP contribution in [0.15, 0.2) is 11.6 Å². The smallest absolute Gasteiger partial charge is 0.244 e. The van der Waals surface area contributed by atoms with E-state index in [1.165, 1.54) is 0 Å². The second-order valence-electron chi connectivity index (χ2n) is 1.71. The maximum Gasteiger partial charge on any atom is 0.244 e. The van der Waals surface area contributed by atoms with Gasteiger partial charge in [0.1, 0.15) is 0 Å². The van der Waals surface area contributed by atoms with Crippen LogP contribution in [0.25, 0.3) is 0 Å². The molecule has 0 aliphatic rings. The Morgan fingerprint density at radius 1 is 1.78 bits per heavy atom. The van der Waals surface area contributed by atoms with Gasteiger partial charge in [-0.15, -0.1) is 0 Å². The summed E-state index contributed by atoms with van der Waals surface area (Å²) in [6, 6.07) is 0. The van der Waals surface area contributed by atoms with Crippen molar-refractivity contribution in [2.75, 3.05) is 13.7 Å². The lowest BCUT2D eigenvalue weighted by molar-refractivity contribution is -0.114. The van der Waals surface area contributed by atoms with Gasteiger partial charge in [0, 0.05) is 12.7 Å². The molecule has 0 rings (SSSR count). The number of amides is 1. The maximum absolute atomic E-state index is 10.3. The zero-order chi connectivity index (χ0) is 7.28. The van der Waals surface area contributed by atoms with Crippen molar-refractivity contribution in [3.63, 3.8) is 0 Å². The molecule has 52 valence electrons. The standard InChI is InChI=1S/C6H11NO2/c1-5(6(7)8)3-4-9-2/h3H,4H2,1-2H3,(H2,7,8). The van der Waals surface area contributed by atoms with Gasteiger partial charge in [-0.05, 0) is 6.92 Å². The van der Waals surface area contributed by atoms with Crippen LogP contribution in [0, 0.1) is 0 Å². The molecule has 0 saturated carbocycles. The Morgan fingerprint density at radius 3 is 2.67 bits per heavy atom. The van der Waals surface area contributed by atoms with Crippen LogP contribution in [0.3, 0.4) is 0 Å². The Labute approximate surface area is 54.5 Å². The minimum atomic E-state index is -0.396. The van der Waals surface area contributed by atoms with E-state index >= 15 is 0 Å². The summed E-state index contributed by atoms with van der Waals surface area (Å²) < 4.78 is 4.68. The molecule has 0 unspecified atom stereocenters. The van der Waals surface area contributed by atoms with Gasteiger partial charge in [0.15, 0.2) is 0 Å². The minimum absolute atomic E-state index is 0.396. The topological polar surface area (TPSA) is 52.3 Å². The summed E-state index contributed by atoms with van der Waals surface area (Å²) in [6.45, 7) is 2.09. The maximum atomic E-state index is 10.3. The van der Waals surface area contributed by atoms with Gasteiger partial charge in [-0.2, -0.15) is 0 Å². The lowest BCUT2D eigenvalue weighted by atomic mass is 10.3. The van der Waals surface area contributed by atoms with Crippen LogP contribution in [0.1, 0.15) is 6.92 Å². The predicted octanol–water partition coefficient (Wildman–Crippen LogP) is 0.0644. The van der Waals surface area contributed by atoms with E-state index in [1.807, 2.05) is 0 Å². The number of rotatable bonds is 3. The van der Waals surface area contributed by atoms with Gasteiger partial charge in [-0.3, -0.25) is 4.79 Å². The number of nitrogens with two attached hydrogens (primary N) is 1. The van der Waals surface area contributed by atoms with Crippen molar-refractivity contribution in [1.82, 2.24) is 0 Å². The Hall–Kier alpha value is -0.830. The van der Waals surface area contributed by atoms with Crippen LogP contribution < -0.4 is 5.73 Å². The highest BCUT2D eigenvalue weighted by Crippen LogP contribution is 1.88. The highest BCUT2D eigenvalue weighted by molar-refractivity contribution is 5.91. The second kappa shape index (κ2) is 4.09. The average Bonchev–Trinajstić information content (AvgIpc) is 1.82. The molecule has 9 heavy (non-hydrogen) atoms. The van der Waals surface area contributed by atoms with Gasteiger partial charge in [-0.1, -0.05) is 6.08 Å². The van der Waals surface area contributed by atoms with Crippen molar-refractivity contribution < 1.29 is 9.53 Å². The monoisotopic (exact) mass is 129 g/mol. The molecule has 0 saturated heterocycles. The van der Waals surface area contributed by atoms with Crippen LogP contribution >= 0.6 is 0 Å². The van der Waals surface area contributed by atoms with E-state index in [-0.39, 0.29) is 0 Å². The Kier molecular flexibility index (Phi) is 3.71. The van der Waals surface area contributed by atoms with Crippen LogP contribution in [0.2, 0.25) is 0 Å². The Bertz CT molecular complexity index is 129. The van der Waals surface area contributed by atoms with Gasteiger partial charge in [0.25, 0.3) is 0 Å². The lowest BCUT2D eigenvalue weighted by Gasteiger charge is -1.92. The number of methoxy groups -OCH3 is 1. The third-order valence-electron chi connectivity index (χ3n) is 0.945. The summed E-state index contributed by atoms with van der Waals surface area (Å²) in [5.74, 6) is -0.396. The molecule has 0 aromatic rings. The first-order valence-electron chi connectivity index (χ1n) is 2.64. The summed E-state index contributed by atoms with van der Waals surface area (Å²) in [7, 11) is 1.56. The molecule has 0 aromatic heterocycles. The summed E-state index contributed by atoms with van der Waals surface area (Å²) in [4.78, 5) is 10.3. The van der Waals surface area contributed by atoms with Crippen molar-refractivity contribution in [2.45, 2.75) is 6.92 Å². The van der Waals surface area contributed by atoms with E-state index in [0.717, 1.165) is 0 Å². The largest absolute Gasteiger partial charge is 0.381 e. The van der Waals surface area contributed by atoms with Crippen LogP contribution in [0.5, 0.6) is 0 Å². The quantitative estimate of drug-likeness (QED) is 0.548. The van der Waals surface area contributed by atoms with Crippen molar-refractivity contribution in [3.8, 4) is 0 Å². The molecule has 0 heterocycles. The molecule has 3 nitrogen and oxygen atoms in total. The van der Waals surface area contributed by atoms with E-state index in [1.54, 1.807) is 20.1 Å². The van der Waals surface area contributed by atoms with E-state index in [9.17, 15) is 4.79 Å². The second-order valence-corrected chi connectivity index (χ2v) is 1.71. The SMILES string of the molecule is COCC=C(C)C(N)=O. The average molecular weight is 129 g/mol. The fourth-order valence-corrected chi connectivity index (χ4v) is 0.309. The normalized spacial score (nSPS) is 11.6. The van der Waals surface area contributed by atoms with E-state index in [4.69, 9.17) is 5.73 Å². The van der Waals surface area contributed by atoms with Crippen LogP contribution in [-0.2, 0) is 9.53 Å². The first kappa shape index (κ1) is 8.17. The van der Waals surface area contributed by atoms with Gasteiger partial charge < -0.3 is 10.5 Å². The van der Waals surface area contributed by atoms with E-state index < -0.39 is 5.91 Å². The van der Waals surface area contributed by atoms with Crippen molar-refractivity contribution >= 4 is 5.91 Å². The van der Waals surface area contributed by atoms with Crippen molar-refractivity contribution in [2.24, 2.45) is 5.73 Å². The van der Waals surface area contributed by atoms with Crippen molar-refractivity contribution in [3.05, 3.63) is 11.6 Å². The molecule has 3 heteroatoms. The molecule has 0 aliphatic carbocycles. The van der Waals surface area contributed by atoms with Crippen LogP contribution in [0.4, 0.5) is 0 Å². The number of primary amides is 1. The highest BCUT2D eigenvalue weighted by atomic mass is 16.5. The number of carbonyl (C=O) groups excluding carboxylic acids is 1. The fraction of sp³-hybridized carbons (Fsp3) is 0.500. The van der Waals surface area contributed by atoms with Crippen molar-refractivity contribution in [1.29, 1.82) is 0 Å². The third-order valence-corrected chi connectivity index (χ3v) is 0.945. The summed E-state index contributed by atoms with van der Waals surface area (Å²) in [6.07, 6.45) is 1.64. The van der Waals surface area contributed by atoms with Crippen LogP contribution in [-0.4, -0.2) is 19.6 Å². The summed E-state index contributed by atoms with van der Waals surface area (Å²) >= 11 is 0. The highest BCUT2D eigenvalue weighted by Gasteiger charge is 1.93. The van der Waals surface area contributed by atoms with E-state index in [2.05, 4.69) is 4.74 Å². The Morgan fingerprint density at radius 2 is 2.33 bits per heavy atom. The first-order valence-corrected chi connectivity index (χ1v) is 2.64. The third kappa shape index (κ3) is 3.73. The molecule has 0 spiro atoms. The molecule has 1 amide bonds. The number of hydrogen-bond donors (Lipinski definition) is 1. The Balaban J connectivity index is 3.69. The summed E-state index contributed by atoms with van der Waals surface area (Å²) in [5, 5.41) is 0. The van der Waals surface area contributed by atoms with Gasteiger partial charge in [0.05, 0.1) is 6.61 Å². The molecular formula is C6H11NO2. The lowest BCUT2D eigenvalue weighted by Crippen LogP contribution is -2.11. The molecule has 0 fully saturated rings. The van der Waals surface area contributed by atoms with Gasteiger partial charge in [-0.25, -0.2) is 0 Å². The molecule has 0 aromatic carbocycles. The first-order chi connectivity index (χ1) is 4.18. The van der Waals surface area contributed by atoms with E-state index in [0.29, 0.717) is 12.2 Å². The molecule has 2 N–H and O–H groups in total. The molecule has 0 bridgehead atoms. The molecular weight excluding hydrogens is 118 g/mol. The zero-order valence-corrected chi connectivity index (χ0v) is 5.68. The number of hydrogen-bond acceptors (Lipinski definition) is 2. The number of carbonyl (C=O) groups is 1. The molecule has 0 radical (unpaired) electrons. The van der Waals surface area contributed by atoms with Gasteiger partial charge in [0.2, 0.25) is 5.91 Å². The summed E-state index contributed by atoms with van der Waals surface area (Å²) in [5.41, 5.74) is 5.45.